The Morgan fingerprint density at radius 1 is 1.26 bits per heavy atom. The van der Waals surface area contributed by atoms with Crippen molar-refractivity contribution in [1.29, 1.82) is 0 Å². The van der Waals surface area contributed by atoms with Crippen LogP contribution in [0.15, 0.2) is 12.1 Å². The number of ether oxygens (including phenoxy) is 2. The molecule has 0 atom stereocenters. The predicted molar refractivity (Wildman–Crippen MR) is 76.4 cm³/mol. The van der Waals surface area contributed by atoms with Crippen LogP contribution in [0.2, 0.25) is 5.02 Å². The summed E-state index contributed by atoms with van der Waals surface area (Å²) in [6.07, 6.45) is 0.875. The average Bonchev–Trinajstić information content (AvgIpc) is 2.37. The van der Waals surface area contributed by atoms with Crippen molar-refractivity contribution in [3.63, 3.8) is 0 Å². The first-order valence-corrected chi connectivity index (χ1v) is 6.69. The molecule has 0 saturated heterocycles. The molecular weight excluding hydrogens is 266 g/mol. The molecule has 0 aromatic heterocycles. The summed E-state index contributed by atoms with van der Waals surface area (Å²) in [5, 5.41) is 0.393. The second-order valence-electron chi connectivity index (χ2n) is 4.27. The van der Waals surface area contributed by atoms with Crippen molar-refractivity contribution in [3.05, 3.63) is 22.7 Å². The predicted octanol–water partition coefficient (Wildman–Crippen LogP) is 3.23. The fourth-order valence-electron chi connectivity index (χ4n) is 1.56. The third-order valence-electron chi connectivity index (χ3n) is 2.41. The zero-order chi connectivity index (χ0) is 14.4. The molecule has 1 amide bonds. The molecule has 0 N–H and O–H groups in total. The zero-order valence-electron chi connectivity index (χ0n) is 11.8. The highest BCUT2D eigenvalue weighted by Gasteiger charge is 2.17. The number of hydrogen-bond acceptors (Lipinski definition) is 3. The Morgan fingerprint density at radius 2 is 1.95 bits per heavy atom. The number of halogens is 1. The van der Waals surface area contributed by atoms with Crippen LogP contribution in [0.1, 0.15) is 30.6 Å². The summed E-state index contributed by atoms with van der Waals surface area (Å²) in [6, 6.07) is 3.28. The van der Waals surface area contributed by atoms with Gasteiger partial charge in [-0.05, 0) is 25.5 Å². The first-order valence-electron chi connectivity index (χ1n) is 6.32. The fourth-order valence-corrected chi connectivity index (χ4v) is 1.82. The highest BCUT2D eigenvalue weighted by molar-refractivity contribution is 6.32. The maximum absolute atomic E-state index is 11.9. The van der Waals surface area contributed by atoms with E-state index in [1.54, 1.807) is 26.2 Å². The van der Waals surface area contributed by atoms with Gasteiger partial charge in [-0.25, -0.2) is 0 Å². The molecule has 4 nitrogen and oxygen atoms in total. The van der Waals surface area contributed by atoms with Gasteiger partial charge in [0.1, 0.15) is 0 Å². The lowest BCUT2D eigenvalue weighted by atomic mass is 10.1. The molecule has 106 valence electrons. The Hall–Kier alpha value is -1.42. The van der Waals surface area contributed by atoms with Crippen molar-refractivity contribution in [2.75, 3.05) is 27.3 Å². The Kier molecular flexibility index (Phi) is 5.96. The maximum Gasteiger partial charge on any atom is 0.253 e. The fraction of sp³-hybridized carbons (Fsp3) is 0.500. The lowest BCUT2D eigenvalue weighted by Crippen LogP contribution is -2.21. The van der Waals surface area contributed by atoms with Gasteiger partial charge in [0.2, 0.25) is 0 Å². The van der Waals surface area contributed by atoms with E-state index in [1.807, 2.05) is 13.8 Å². The van der Waals surface area contributed by atoms with Crippen LogP contribution < -0.4 is 9.47 Å². The SMILES string of the molecule is CCCOc1c(Cl)cc(C(=O)N(C)C)cc1OCC. The minimum absolute atomic E-state index is 0.120. The molecule has 0 fully saturated rings. The van der Waals surface area contributed by atoms with E-state index >= 15 is 0 Å². The largest absolute Gasteiger partial charge is 0.490 e. The van der Waals surface area contributed by atoms with Gasteiger partial charge in [0, 0.05) is 19.7 Å². The van der Waals surface area contributed by atoms with Crippen LogP contribution in [0.5, 0.6) is 11.5 Å². The van der Waals surface area contributed by atoms with Crippen molar-refractivity contribution >= 4 is 17.5 Å². The first-order chi connectivity index (χ1) is 9.01. The van der Waals surface area contributed by atoms with E-state index in [9.17, 15) is 4.79 Å². The Balaban J connectivity index is 3.16. The molecule has 1 aromatic carbocycles. The molecule has 0 bridgehead atoms. The first kappa shape index (κ1) is 15.6. The zero-order valence-corrected chi connectivity index (χ0v) is 12.6. The number of benzene rings is 1. The topological polar surface area (TPSA) is 38.8 Å². The molecule has 0 spiro atoms. The van der Waals surface area contributed by atoms with Crippen molar-refractivity contribution < 1.29 is 14.3 Å². The minimum atomic E-state index is -0.120. The van der Waals surface area contributed by atoms with Gasteiger partial charge in [-0.1, -0.05) is 18.5 Å². The van der Waals surface area contributed by atoms with E-state index in [-0.39, 0.29) is 5.91 Å². The van der Waals surface area contributed by atoms with Crippen molar-refractivity contribution in [2.24, 2.45) is 0 Å². The number of hydrogen-bond donors (Lipinski definition) is 0. The molecule has 0 aliphatic rings. The molecule has 0 saturated carbocycles. The van der Waals surface area contributed by atoms with E-state index in [4.69, 9.17) is 21.1 Å². The summed E-state index contributed by atoms with van der Waals surface area (Å²) in [4.78, 5) is 13.4. The minimum Gasteiger partial charge on any atom is -0.490 e. The van der Waals surface area contributed by atoms with E-state index in [2.05, 4.69) is 0 Å². The summed E-state index contributed by atoms with van der Waals surface area (Å²) >= 11 is 6.18. The Labute approximate surface area is 119 Å². The third-order valence-corrected chi connectivity index (χ3v) is 2.69. The highest BCUT2D eigenvalue weighted by atomic mass is 35.5. The number of carbonyl (C=O) groups is 1. The molecule has 0 heterocycles. The number of nitrogens with zero attached hydrogens (tertiary/aromatic N) is 1. The molecular formula is C14H20ClNO3. The summed E-state index contributed by atoms with van der Waals surface area (Å²) in [6.45, 7) is 4.93. The van der Waals surface area contributed by atoms with Gasteiger partial charge in [0.15, 0.2) is 11.5 Å². The quantitative estimate of drug-likeness (QED) is 0.805. The molecule has 0 aliphatic heterocycles. The lowest BCUT2D eigenvalue weighted by molar-refractivity contribution is 0.0827. The Morgan fingerprint density at radius 3 is 2.47 bits per heavy atom. The van der Waals surface area contributed by atoms with Crippen LogP contribution in [-0.4, -0.2) is 38.1 Å². The van der Waals surface area contributed by atoms with Gasteiger partial charge in [-0.3, -0.25) is 4.79 Å². The number of carbonyl (C=O) groups excluding carboxylic acids is 1. The molecule has 0 radical (unpaired) electrons. The summed E-state index contributed by atoms with van der Waals surface area (Å²) in [5.74, 6) is 0.888. The molecule has 19 heavy (non-hydrogen) atoms. The molecule has 0 aliphatic carbocycles. The highest BCUT2D eigenvalue weighted by Crippen LogP contribution is 2.37. The molecule has 0 unspecified atom stereocenters. The van der Waals surface area contributed by atoms with Gasteiger partial charge < -0.3 is 14.4 Å². The van der Waals surface area contributed by atoms with E-state index < -0.39 is 0 Å². The van der Waals surface area contributed by atoms with E-state index in [1.165, 1.54) is 4.90 Å². The van der Waals surface area contributed by atoms with Crippen LogP contribution in [0.3, 0.4) is 0 Å². The van der Waals surface area contributed by atoms with Gasteiger partial charge in [0.05, 0.1) is 18.2 Å². The summed E-state index contributed by atoms with van der Waals surface area (Å²) < 4.78 is 11.1. The van der Waals surface area contributed by atoms with Gasteiger partial charge in [-0.2, -0.15) is 0 Å². The van der Waals surface area contributed by atoms with Crippen molar-refractivity contribution in [2.45, 2.75) is 20.3 Å². The van der Waals surface area contributed by atoms with Crippen LogP contribution in [0, 0.1) is 0 Å². The second-order valence-corrected chi connectivity index (χ2v) is 4.67. The maximum atomic E-state index is 11.9. The van der Waals surface area contributed by atoms with Crippen LogP contribution in [-0.2, 0) is 0 Å². The normalized spacial score (nSPS) is 10.2. The van der Waals surface area contributed by atoms with Crippen LogP contribution in [0.4, 0.5) is 0 Å². The summed E-state index contributed by atoms with van der Waals surface area (Å²) in [7, 11) is 3.39. The van der Waals surface area contributed by atoms with Crippen molar-refractivity contribution in [3.8, 4) is 11.5 Å². The van der Waals surface area contributed by atoms with Crippen LogP contribution >= 0.6 is 11.6 Å². The lowest BCUT2D eigenvalue weighted by Gasteiger charge is -2.16. The molecule has 1 rings (SSSR count). The average molecular weight is 286 g/mol. The van der Waals surface area contributed by atoms with Gasteiger partial charge in [-0.15, -0.1) is 0 Å². The van der Waals surface area contributed by atoms with E-state index in [0.717, 1.165) is 6.42 Å². The summed E-state index contributed by atoms with van der Waals surface area (Å²) in [5.41, 5.74) is 0.488. The third kappa shape index (κ3) is 4.03. The smallest absolute Gasteiger partial charge is 0.253 e. The van der Waals surface area contributed by atoms with Gasteiger partial charge >= 0.3 is 0 Å². The van der Waals surface area contributed by atoms with Gasteiger partial charge in [0.25, 0.3) is 5.91 Å². The molecule has 5 heteroatoms. The standard InChI is InChI=1S/C14H20ClNO3/c1-5-7-19-13-11(15)8-10(14(17)16(3)4)9-12(13)18-6-2/h8-9H,5-7H2,1-4H3. The second kappa shape index (κ2) is 7.24. The molecule has 1 aromatic rings. The van der Waals surface area contributed by atoms with E-state index in [0.29, 0.717) is 35.3 Å². The number of amides is 1. The Bertz CT molecular complexity index is 447. The van der Waals surface area contributed by atoms with Crippen molar-refractivity contribution in [1.82, 2.24) is 4.90 Å². The monoisotopic (exact) mass is 285 g/mol. The van der Waals surface area contributed by atoms with Crippen LogP contribution in [0.25, 0.3) is 0 Å². The number of rotatable bonds is 6.